The Morgan fingerprint density at radius 3 is 2.35 bits per heavy atom. The molecular formula is C12H14FNO3. The molecule has 1 aromatic rings. The number of anilines is 1. The Kier molecular flexibility index (Phi) is 4.20. The van der Waals surface area contributed by atoms with Gasteiger partial charge in [-0.2, -0.15) is 0 Å². The summed E-state index contributed by atoms with van der Waals surface area (Å²) in [6.45, 7) is 1.55. The fourth-order valence-electron chi connectivity index (χ4n) is 1.47. The Morgan fingerprint density at radius 1 is 1.35 bits per heavy atom. The van der Waals surface area contributed by atoms with Crippen molar-refractivity contribution in [2.24, 2.45) is 5.92 Å². The van der Waals surface area contributed by atoms with E-state index in [1.165, 1.54) is 36.2 Å². The topological polar surface area (TPSA) is 57.6 Å². The molecule has 0 radical (unpaired) electrons. The van der Waals surface area contributed by atoms with Crippen molar-refractivity contribution in [3.05, 3.63) is 30.1 Å². The fraction of sp³-hybridized carbons (Fsp3) is 0.333. The third-order valence-corrected chi connectivity index (χ3v) is 2.45. The zero-order valence-corrected chi connectivity index (χ0v) is 9.68. The highest BCUT2D eigenvalue weighted by atomic mass is 19.1. The summed E-state index contributed by atoms with van der Waals surface area (Å²) in [5, 5.41) is 8.60. The van der Waals surface area contributed by atoms with E-state index in [1.807, 2.05) is 0 Å². The first kappa shape index (κ1) is 13.2. The normalized spacial score (nSPS) is 11.9. The van der Waals surface area contributed by atoms with Crippen LogP contribution in [0.5, 0.6) is 0 Å². The van der Waals surface area contributed by atoms with Gasteiger partial charge in [0.2, 0.25) is 5.91 Å². The maximum atomic E-state index is 12.7. The van der Waals surface area contributed by atoms with E-state index in [2.05, 4.69) is 0 Å². The lowest BCUT2D eigenvalue weighted by molar-refractivity contribution is -0.140. The highest BCUT2D eigenvalue weighted by Crippen LogP contribution is 2.16. The highest BCUT2D eigenvalue weighted by Gasteiger charge is 2.21. The minimum Gasteiger partial charge on any atom is -0.481 e. The van der Waals surface area contributed by atoms with E-state index in [-0.39, 0.29) is 18.1 Å². The van der Waals surface area contributed by atoms with Crippen molar-refractivity contribution in [2.75, 3.05) is 11.9 Å². The van der Waals surface area contributed by atoms with E-state index >= 15 is 0 Å². The summed E-state index contributed by atoms with van der Waals surface area (Å²) in [6.07, 6.45) is -0.218. The van der Waals surface area contributed by atoms with Crippen LogP contribution in [0.2, 0.25) is 0 Å². The number of halogens is 1. The summed E-state index contributed by atoms with van der Waals surface area (Å²) in [4.78, 5) is 23.7. The smallest absolute Gasteiger partial charge is 0.304 e. The highest BCUT2D eigenvalue weighted by molar-refractivity contribution is 5.95. The third-order valence-electron chi connectivity index (χ3n) is 2.45. The predicted octanol–water partition coefficient (Wildman–Crippen LogP) is 1.90. The van der Waals surface area contributed by atoms with Crippen LogP contribution in [-0.2, 0) is 9.59 Å². The number of carboxylic acid groups (broad SMARTS) is 1. The molecule has 1 atom stereocenters. The van der Waals surface area contributed by atoms with Gasteiger partial charge in [-0.25, -0.2) is 4.39 Å². The van der Waals surface area contributed by atoms with Crippen LogP contribution in [0.3, 0.4) is 0 Å². The van der Waals surface area contributed by atoms with Gasteiger partial charge in [0.15, 0.2) is 0 Å². The second-order valence-corrected chi connectivity index (χ2v) is 3.87. The van der Waals surface area contributed by atoms with Crippen molar-refractivity contribution in [2.45, 2.75) is 13.3 Å². The van der Waals surface area contributed by atoms with Gasteiger partial charge in [-0.15, -0.1) is 0 Å². The summed E-state index contributed by atoms with van der Waals surface area (Å²) in [6, 6.07) is 5.45. The molecule has 1 unspecified atom stereocenters. The summed E-state index contributed by atoms with van der Waals surface area (Å²) in [7, 11) is 1.54. The molecule has 0 heterocycles. The van der Waals surface area contributed by atoms with Crippen LogP contribution in [0.25, 0.3) is 0 Å². The van der Waals surface area contributed by atoms with Crippen LogP contribution >= 0.6 is 0 Å². The SMILES string of the molecule is CC(CC(=O)O)C(=O)N(C)c1ccc(F)cc1. The van der Waals surface area contributed by atoms with Crippen molar-refractivity contribution >= 4 is 17.6 Å². The van der Waals surface area contributed by atoms with E-state index in [0.717, 1.165) is 0 Å². The second-order valence-electron chi connectivity index (χ2n) is 3.87. The number of hydrogen-bond donors (Lipinski definition) is 1. The van der Waals surface area contributed by atoms with Gasteiger partial charge >= 0.3 is 5.97 Å². The molecule has 0 saturated carbocycles. The number of rotatable bonds is 4. The van der Waals surface area contributed by atoms with Crippen LogP contribution in [0, 0.1) is 11.7 Å². The first-order valence-electron chi connectivity index (χ1n) is 5.16. The average molecular weight is 239 g/mol. The summed E-state index contributed by atoms with van der Waals surface area (Å²) in [5.74, 6) is -2.31. The Labute approximate surface area is 98.7 Å². The quantitative estimate of drug-likeness (QED) is 0.873. The zero-order valence-electron chi connectivity index (χ0n) is 9.68. The summed E-state index contributed by atoms with van der Waals surface area (Å²) < 4.78 is 12.7. The standard InChI is InChI=1S/C12H14FNO3/c1-8(7-11(15)16)12(17)14(2)10-5-3-9(13)4-6-10/h3-6,8H,7H2,1-2H3,(H,15,16). The summed E-state index contributed by atoms with van der Waals surface area (Å²) >= 11 is 0. The molecule has 4 nitrogen and oxygen atoms in total. The number of amides is 1. The molecule has 17 heavy (non-hydrogen) atoms. The number of carboxylic acids is 1. The largest absolute Gasteiger partial charge is 0.481 e. The Morgan fingerprint density at radius 2 is 1.88 bits per heavy atom. The molecule has 0 fully saturated rings. The van der Waals surface area contributed by atoms with Gasteiger partial charge in [0.25, 0.3) is 0 Å². The molecule has 0 aliphatic rings. The average Bonchev–Trinajstić information content (AvgIpc) is 2.27. The zero-order chi connectivity index (χ0) is 13.0. The van der Waals surface area contributed by atoms with Gasteiger partial charge in [0.05, 0.1) is 6.42 Å². The Bertz CT molecular complexity index is 416. The molecule has 0 spiro atoms. The molecule has 5 heteroatoms. The molecule has 0 aromatic heterocycles. The molecule has 1 N–H and O–H groups in total. The van der Waals surface area contributed by atoms with E-state index < -0.39 is 11.9 Å². The number of nitrogens with zero attached hydrogens (tertiary/aromatic N) is 1. The van der Waals surface area contributed by atoms with Gasteiger partial charge < -0.3 is 10.0 Å². The van der Waals surface area contributed by atoms with Crippen LogP contribution < -0.4 is 4.90 Å². The van der Waals surface area contributed by atoms with Crippen molar-refractivity contribution in [3.63, 3.8) is 0 Å². The maximum Gasteiger partial charge on any atom is 0.304 e. The Hall–Kier alpha value is -1.91. The molecular weight excluding hydrogens is 225 g/mol. The minimum atomic E-state index is -1.02. The number of aliphatic carboxylic acids is 1. The van der Waals surface area contributed by atoms with Crippen LogP contribution in [0.15, 0.2) is 24.3 Å². The van der Waals surface area contributed by atoms with Crippen molar-refractivity contribution in [1.82, 2.24) is 0 Å². The molecule has 1 amide bonds. The van der Waals surface area contributed by atoms with Crippen molar-refractivity contribution in [1.29, 1.82) is 0 Å². The molecule has 1 rings (SSSR count). The molecule has 0 bridgehead atoms. The fourth-order valence-corrected chi connectivity index (χ4v) is 1.47. The molecule has 92 valence electrons. The van der Waals surface area contributed by atoms with E-state index in [4.69, 9.17) is 5.11 Å². The van der Waals surface area contributed by atoms with Gasteiger partial charge in [-0.3, -0.25) is 9.59 Å². The lowest BCUT2D eigenvalue weighted by Gasteiger charge is -2.20. The lowest BCUT2D eigenvalue weighted by atomic mass is 10.1. The van der Waals surface area contributed by atoms with E-state index in [0.29, 0.717) is 5.69 Å². The van der Waals surface area contributed by atoms with Gasteiger partial charge in [-0.05, 0) is 24.3 Å². The Balaban J connectivity index is 2.75. The monoisotopic (exact) mass is 239 g/mol. The number of benzene rings is 1. The maximum absolute atomic E-state index is 12.7. The van der Waals surface area contributed by atoms with E-state index in [1.54, 1.807) is 6.92 Å². The third kappa shape index (κ3) is 3.55. The molecule has 0 aliphatic carbocycles. The lowest BCUT2D eigenvalue weighted by Crippen LogP contribution is -2.32. The van der Waals surface area contributed by atoms with E-state index in [9.17, 15) is 14.0 Å². The minimum absolute atomic E-state index is 0.218. The first-order chi connectivity index (χ1) is 7.91. The number of hydrogen-bond acceptors (Lipinski definition) is 2. The summed E-state index contributed by atoms with van der Waals surface area (Å²) in [5.41, 5.74) is 0.536. The van der Waals surface area contributed by atoms with Crippen LogP contribution in [-0.4, -0.2) is 24.0 Å². The van der Waals surface area contributed by atoms with Gasteiger partial charge in [-0.1, -0.05) is 6.92 Å². The van der Waals surface area contributed by atoms with Crippen LogP contribution in [0.1, 0.15) is 13.3 Å². The van der Waals surface area contributed by atoms with Gasteiger partial charge in [0, 0.05) is 18.7 Å². The van der Waals surface area contributed by atoms with Crippen molar-refractivity contribution in [3.8, 4) is 0 Å². The number of carbonyl (C=O) groups excluding carboxylic acids is 1. The first-order valence-corrected chi connectivity index (χ1v) is 5.16. The molecule has 0 aliphatic heterocycles. The molecule has 1 aromatic carbocycles. The molecule has 0 saturated heterocycles. The van der Waals surface area contributed by atoms with Gasteiger partial charge in [0.1, 0.15) is 5.82 Å². The number of carbonyl (C=O) groups is 2. The van der Waals surface area contributed by atoms with Crippen molar-refractivity contribution < 1.29 is 19.1 Å². The van der Waals surface area contributed by atoms with Crippen LogP contribution in [0.4, 0.5) is 10.1 Å². The predicted molar refractivity (Wildman–Crippen MR) is 61.2 cm³/mol. The second kappa shape index (κ2) is 5.43.